The Morgan fingerprint density at radius 1 is 0.682 bits per heavy atom. The molecule has 2 aromatic rings. The van der Waals surface area contributed by atoms with Gasteiger partial charge in [0.2, 0.25) is 0 Å². The van der Waals surface area contributed by atoms with Gasteiger partial charge in [0.15, 0.2) is 0 Å². The quantitative estimate of drug-likeness (QED) is 0.665. The van der Waals surface area contributed by atoms with Gasteiger partial charge in [0.25, 0.3) is 0 Å². The first kappa shape index (κ1) is 16.6. The van der Waals surface area contributed by atoms with E-state index in [0.717, 1.165) is 22.8 Å². The Hall–Kier alpha value is -1.78. The minimum absolute atomic E-state index is 0.908. The van der Waals surface area contributed by atoms with Gasteiger partial charge in [-0.3, -0.25) is 0 Å². The highest BCUT2D eigenvalue weighted by atomic mass is 32.1. The number of anilines is 2. The van der Waals surface area contributed by atoms with Crippen molar-refractivity contribution in [1.29, 1.82) is 0 Å². The molecule has 22 heavy (non-hydrogen) atoms. The third kappa shape index (κ3) is 4.12. The smallest absolute Gasteiger partial charge is 0.0842 e. The monoisotopic (exact) mass is 328 g/mol. The minimum atomic E-state index is 0.908. The molecule has 2 aliphatic heterocycles. The van der Waals surface area contributed by atoms with E-state index in [1.807, 2.05) is 38.1 Å². The van der Waals surface area contributed by atoms with E-state index in [2.05, 4.69) is 34.9 Å². The highest BCUT2D eigenvalue weighted by molar-refractivity contribution is 7.80. The van der Waals surface area contributed by atoms with Gasteiger partial charge in [-0.15, -0.1) is 0 Å². The van der Waals surface area contributed by atoms with Gasteiger partial charge < -0.3 is 10.6 Å². The number of thiocarbonyl (C=S) groups is 2. The number of nitrogens with one attached hydrogen (secondary N) is 2. The second-order valence-corrected chi connectivity index (χ2v) is 5.75. The van der Waals surface area contributed by atoms with Crippen molar-refractivity contribution in [2.45, 2.75) is 26.7 Å². The van der Waals surface area contributed by atoms with E-state index in [-0.39, 0.29) is 0 Å². The van der Waals surface area contributed by atoms with Gasteiger partial charge in [0.1, 0.15) is 0 Å². The SMILES string of the molecule is CC.S=C1Cc2ccccc2N1.S=C1Cc2ccccc2N1. The average molecular weight is 329 g/mol. The van der Waals surface area contributed by atoms with Crippen LogP contribution in [0.2, 0.25) is 0 Å². The first-order valence-electron chi connectivity index (χ1n) is 7.48. The molecule has 2 aliphatic rings. The molecule has 0 bridgehead atoms. The summed E-state index contributed by atoms with van der Waals surface area (Å²) in [5.74, 6) is 0. The van der Waals surface area contributed by atoms with E-state index in [4.69, 9.17) is 24.4 Å². The van der Waals surface area contributed by atoms with Crippen molar-refractivity contribution in [2.24, 2.45) is 0 Å². The molecule has 0 spiro atoms. The fourth-order valence-corrected chi connectivity index (χ4v) is 2.86. The Labute approximate surface area is 142 Å². The maximum Gasteiger partial charge on any atom is 0.0842 e. The molecule has 0 atom stereocenters. The van der Waals surface area contributed by atoms with Crippen LogP contribution in [-0.4, -0.2) is 9.98 Å². The molecule has 0 aliphatic carbocycles. The van der Waals surface area contributed by atoms with Gasteiger partial charge in [-0.05, 0) is 23.3 Å². The third-order valence-corrected chi connectivity index (χ3v) is 3.78. The molecule has 4 heteroatoms. The predicted molar refractivity (Wildman–Crippen MR) is 104 cm³/mol. The zero-order chi connectivity index (χ0) is 15.9. The van der Waals surface area contributed by atoms with Crippen LogP contribution in [0.15, 0.2) is 48.5 Å². The third-order valence-electron chi connectivity index (χ3n) is 3.28. The van der Waals surface area contributed by atoms with Crippen molar-refractivity contribution in [3.8, 4) is 0 Å². The molecule has 0 saturated heterocycles. The minimum Gasteiger partial charge on any atom is -0.350 e. The molecule has 0 saturated carbocycles. The Kier molecular flexibility index (Phi) is 6.04. The van der Waals surface area contributed by atoms with Crippen LogP contribution in [0.4, 0.5) is 11.4 Å². The summed E-state index contributed by atoms with van der Waals surface area (Å²) < 4.78 is 0. The number of fused-ring (bicyclic) bond motifs is 2. The number of benzene rings is 2. The Morgan fingerprint density at radius 2 is 1.05 bits per heavy atom. The van der Waals surface area contributed by atoms with E-state index >= 15 is 0 Å². The first-order valence-corrected chi connectivity index (χ1v) is 8.29. The van der Waals surface area contributed by atoms with Crippen LogP contribution in [0.25, 0.3) is 0 Å². The summed E-state index contributed by atoms with van der Waals surface area (Å²) in [7, 11) is 0. The molecule has 0 fully saturated rings. The second-order valence-electron chi connectivity index (χ2n) is 4.76. The molecule has 2 N–H and O–H groups in total. The second kappa shape index (κ2) is 8.01. The van der Waals surface area contributed by atoms with Crippen molar-refractivity contribution in [2.75, 3.05) is 10.6 Å². The van der Waals surface area contributed by atoms with Crippen molar-refractivity contribution in [3.05, 3.63) is 59.7 Å². The average Bonchev–Trinajstić information content (AvgIpc) is 3.10. The maximum atomic E-state index is 5.01. The molecule has 2 heterocycles. The normalized spacial score (nSPS) is 13.5. The summed E-state index contributed by atoms with van der Waals surface area (Å²) in [4.78, 5) is 1.86. The predicted octanol–water partition coefficient (Wildman–Crippen LogP) is 4.99. The molecular formula is C18H20N2S2. The zero-order valence-electron chi connectivity index (χ0n) is 12.8. The Balaban J connectivity index is 0.000000144. The topological polar surface area (TPSA) is 24.1 Å². The lowest BCUT2D eigenvalue weighted by Gasteiger charge is -1.94. The zero-order valence-corrected chi connectivity index (χ0v) is 14.5. The summed E-state index contributed by atoms with van der Waals surface area (Å²) in [5, 5.41) is 6.26. The molecule has 2 aromatic carbocycles. The fraction of sp³-hybridized carbons (Fsp3) is 0.222. The van der Waals surface area contributed by atoms with Crippen molar-refractivity contribution in [1.82, 2.24) is 0 Å². The molecule has 0 unspecified atom stereocenters. The Morgan fingerprint density at radius 3 is 1.41 bits per heavy atom. The Bertz CT molecular complexity index is 567. The molecule has 0 aromatic heterocycles. The van der Waals surface area contributed by atoms with Crippen molar-refractivity contribution in [3.63, 3.8) is 0 Å². The summed E-state index contributed by atoms with van der Waals surface area (Å²) in [5.41, 5.74) is 4.97. The maximum absolute atomic E-state index is 5.01. The summed E-state index contributed by atoms with van der Waals surface area (Å²) >= 11 is 10.0. The summed E-state index contributed by atoms with van der Waals surface area (Å²) in [6.07, 6.45) is 1.82. The van der Waals surface area contributed by atoms with E-state index in [1.54, 1.807) is 0 Å². The number of para-hydroxylation sites is 2. The lowest BCUT2D eigenvalue weighted by molar-refractivity contribution is 1.43. The van der Waals surface area contributed by atoms with Crippen LogP contribution < -0.4 is 10.6 Å². The van der Waals surface area contributed by atoms with Gasteiger partial charge in [-0.25, -0.2) is 0 Å². The molecule has 0 amide bonds. The van der Waals surface area contributed by atoms with Crippen LogP contribution in [0.1, 0.15) is 25.0 Å². The van der Waals surface area contributed by atoms with E-state index < -0.39 is 0 Å². The molecule has 2 nitrogen and oxygen atoms in total. The lowest BCUT2D eigenvalue weighted by atomic mass is 10.2. The van der Waals surface area contributed by atoms with Gasteiger partial charge in [-0.2, -0.15) is 0 Å². The van der Waals surface area contributed by atoms with E-state index in [9.17, 15) is 0 Å². The first-order chi connectivity index (χ1) is 10.7. The summed E-state index contributed by atoms with van der Waals surface area (Å²) in [6, 6.07) is 16.4. The van der Waals surface area contributed by atoms with Gasteiger partial charge in [0.05, 0.1) is 9.98 Å². The highest BCUT2D eigenvalue weighted by Crippen LogP contribution is 2.22. The van der Waals surface area contributed by atoms with E-state index in [0.29, 0.717) is 0 Å². The van der Waals surface area contributed by atoms with Crippen LogP contribution in [0, 0.1) is 0 Å². The lowest BCUT2D eigenvalue weighted by Crippen LogP contribution is -2.00. The van der Waals surface area contributed by atoms with Crippen molar-refractivity contribution < 1.29 is 0 Å². The number of rotatable bonds is 0. The van der Waals surface area contributed by atoms with Crippen LogP contribution in [-0.2, 0) is 12.8 Å². The van der Waals surface area contributed by atoms with Gasteiger partial charge in [0, 0.05) is 24.2 Å². The molecule has 0 radical (unpaired) electrons. The number of hydrogen-bond acceptors (Lipinski definition) is 2. The van der Waals surface area contributed by atoms with Crippen LogP contribution in [0.5, 0.6) is 0 Å². The van der Waals surface area contributed by atoms with Gasteiger partial charge in [-0.1, -0.05) is 74.7 Å². The van der Waals surface area contributed by atoms with Gasteiger partial charge >= 0.3 is 0 Å². The van der Waals surface area contributed by atoms with E-state index in [1.165, 1.54) is 22.5 Å². The highest BCUT2D eigenvalue weighted by Gasteiger charge is 2.12. The molecular weight excluding hydrogens is 308 g/mol. The largest absolute Gasteiger partial charge is 0.350 e. The fourth-order valence-electron chi connectivity index (χ4n) is 2.33. The van der Waals surface area contributed by atoms with Crippen molar-refractivity contribution >= 4 is 45.8 Å². The number of hydrogen-bond donors (Lipinski definition) is 2. The molecule has 4 rings (SSSR count). The molecule has 114 valence electrons. The summed E-state index contributed by atoms with van der Waals surface area (Å²) in [6.45, 7) is 4.00. The standard InChI is InChI=1S/2C8H7NS.C2H6/c2*10-8-5-6-3-1-2-4-7(6)9-8;1-2/h2*1-4H,5H2,(H,9,10);1-2H3. The van der Waals surface area contributed by atoms with Crippen LogP contribution in [0.3, 0.4) is 0 Å². The van der Waals surface area contributed by atoms with Crippen LogP contribution >= 0.6 is 24.4 Å².